The quantitative estimate of drug-likeness (QED) is 0.560. The van der Waals surface area contributed by atoms with Crippen LogP contribution in [0.4, 0.5) is 5.69 Å². The number of hydrogen-bond donors (Lipinski definition) is 1. The van der Waals surface area contributed by atoms with E-state index in [1.165, 1.54) is 17.4 Å². The molecule has 1 aromatic carbocycles. The van der Waals surface area contributed by atoms with Gasteiger partial charge in [-0.05, 0) is 55.8 Å². The number of carbonyl (C=O) groups is 1. The zero-order valence-electron chi connectivity index (χ0n) is 15.1. The van der Waals surface area contributed by atoms with Crippen LogP contribution in [0, 0.1) is 22.7 Å². The summed E-state index contributed by atoms with van der Waals surface area (Å²) in [7, 11) is 0. The molecule has 27 heavy (non-hydrogen) atoms. The molecule has 1 aromatic heterocycles. The van der Waals surface area contributed by atoms with Crippen LogP contribution >= 0.6 is 11.3 Å². The highest BCUT2D eigenvalue weighted by atomic mass is 32.1. The lowest BCUT2D eigenvalue weighted by atomic mass is 10.1. The number of thiophene rings is 1. The van der Waals surface area contributed by atoms with Crippen LogP contribution in [0.15, 0.2) is 42.0 Å². The standard InChI is InChI=1S/C21H19N3O2S/c1-3-24(4-2)18-7-5-15(6-8-18)11-16(13-22)20-10-9-19(27-20)12-17(14-23)21(25)26/h5-12H,3-4H2,1-2H3,(H,25,26)/b16-11+,17-12-. The Hall–Kier alpha value is -3.35. The van der Waals surface area contributed by atoms with Gasteiger partial charge >= 0.3 is 5.97 Å². The predicted molar refractivity (Wildman–Crippen MR) is 109 cm³/mol. The van der Waals surface area contributed by atoms with Gasteiger partial charge < -0.3 is 10.0 Å². The molecule has 6 heteroatoms. The number of rotatable bonds is 7. The summed E-state index contributed by atoms with van der Waals surface area (Å²) in [5, 5.41) is 27.3. The van der Waals surface area contributed by atoms with E-state index in [-0.39, 0.29) is 5.57 Å². The molecule has 0 atom stereocenters. The lowest BCUT2D eigenvalue weighted by molar-refractivity contribution is -0.132. The Kier molecular flexibility index (Phi) is 6.93. The number of benzene rings is 1. The number of nitrogens with zero attached hydrogens (tertiary/aromatic N) is 3. The van der Waals surface area contributed by atoms with E-state index in [9.17, 15) is 10.1 Å². The first-order valence-corrected chi connectivity index (χ1v) is 9.26. The minimum Gasteiger partial charge on any atom is -0.477 e. The number of nitriles is 2. The summed E-state index contributed by atoms with van der Waals surface area (Å²) in [5.74, 6) is -1.27. The van der Waals surface area contributed by atoms with Gasteiger partial charge in [-0.15, -0.1) is 11.3 Å². The van der Waals surface area contributed by atoms with Crippen molar-refractivity contribution < 1.29 is 9.90 Å². The van der Waals surface area contributed by atoms with Gasteiger partial charge in [0.05, 0.1) is 5.57 Å². The maximum absolute atomic E-state index is 10.9. The molecule has 0 radical (unpaired) electrons. The summed E-state index contributed by atoms with van der Waals surface area (Å²) in [5.41, 5.74) is 2.20. The molecule has 0 aliphatic heterocycles. The van der Waals surface area contributed by atoms with E-state index in [2.05, 4.69) is 24.8 Å². The molecule has 1 heterocycles. The Bertz CT molecular complexity index is 953. The Morgan fingerprint density at radius 1 is 1.07 bits per heavy atom. The molecule has 0 fully saturated rings. The van der Waals surface area contributed by atoms with Crippen molar-refractivity contribution in [3.63, 3.8) is 0 Å². The summed E-state index contributed by atoms with van der Waals surface area (Å²) >= 11 is 1.27. The third kappa shape index (κ3) is 5.07. The van der Waals surface area contributed by atoms with Gasteiger partial charge in [-0.1, -0.05) is 12.1 Å². The number of carboxylic acid groups (broad SMARTS) is 1. The molecule has 0 aliphatic carbocycles. The fourth-order valence-corrected chi connectivity index (χ4v) is 3.47. The van der Waals surface area contributed by atoms with E-state index < -0.39 is 5.97 Å². The molecular formula is C21H19N3O2S. The maximum Gasteiger partial charge on any atom is 0.346 e. The normalized spacial score (nSPS) is 11.6. The van der Waals surface area contributed by atoms with Gasteiger partial charge in [0.2, 0.25) is 0 Å². The number of hydrogen-bond acceptors (Lipinski definition) is 5. The van der Waals surface area contributed by atoms with Crippen molar-refractivity contribution in [2.24, 2.45) is 0 Å². The molecule has 0 saturated carbocycles. The Balaban J connectivity index is 2.29. The molecule has 2 rings (SSSR count). The highest BCUT2D eigenvalue weighted by Crippen LogP contribution is 2.28. The molecule has 136 valence electrons. The fourth-order valence-electron chi connectivity index (χ4n) is 2.55. The molecule has 1 N–H and O–H groups in total. The van der Waals surface area contributed by atoms with Crippen LogP contribution < -0.4 is 4.90 Å². The van der Waals surface area contributed by atoms with Crippen molar-refractivity contribution >= 4 is 40.7 Å². The van der Waals surface area contributed by atoms with E-state index in [0.717, 1.165) is 29.2 Å². The second kappa shape index (κ2) is 9.38. The van der Waals surface area contributed by atoms with Crippen molar-refractivity contribution in [1.29, 1.82) is 10.5 Å². The first-order chi connectivity index (χ1) is 13.0. The van der Waals surface area contributed by atoms with Gasteiger partial charge in [-0.25, -0.2) is 4.79 Å². The van der Waals surface area contributed by atoms with Crippen LogP contribution in [0.1, 0.15) is 29.2 Å². The summed E-state index contributed by atoms with van der Waals surface area (Å²) in [6.07, 6.45) is 3.11. The molecular weight excluding hydrogens is 358 g/mol. The van der Waals surface area contributed by atoms with E-state index in [1.54, 1.807) is 24.3 Å². The topological polar surface area (TPSA) is 88.1 Å². The maximum atomic E-state index is 10.9. The largest absolute Gasteiger partial charge is 0.477 e. The molecule has 2 aromatic rings. The third-order valence-electron chi connectivity index (χ3n) is 3.98. The van der Waals surface area contributed by atoms with Gasteiger partial charge in [0.1, 0.15) is 17.7 Å². The predicted octanol–water partition coefficient (Wildman–Crippen LogP) is 4.65. The lowest BCUT2D eigenvalue weighted by Crippen LogP contribution is -2.21. The molecule has 0 bridgehead atoms. The number of anilines is 1. The SMILES string of the molecule is CCN(CC)c1ccc(/C=C(\C#N)c2ccc(/C=C(/C#N)C(=O)O)s2)cc1. The van der Waals surface area contributed by atoms with Crippen molar-refractivity contribution in [1.82, 2.24) is 0 Å². The molecule has 0 aliphatic rings. The average molecular weight is 377 g/mol. The molecule has 0 spiro atoms. The zero-order chi connectivity index (χ0) is 19.8. The van der Waals surface area contributed by atoms with Crippen LogP contribution in [-0.2, 0) is 4.79 Å². The van der Waals surface area contributed by atoms with Gasteiger partial charge in [-0.3, -0.25) is 0 Å². The monoisotopic (exact) mass is 377 g/mol. The number of aliphatic carboxylic acids is 1. The van der Waals surface area contributed by atoms with Crippen molar-refractivity contribution in [2.75, 3.05) is 18.0 Å². The Morgan fingerprint density at radius 2 is 1.74 bits per heavy atom. The van der Waals surface area contributed by atoms with E-state index in [0.29, 0.717) is 10.5 Å². The van der Waals surface area contributed by atoms with E-state index in [1.807, 2.05) is 24.3 Å². The third-order valence-corrected chi connectivity index (χ3v) is 5.05. The highest BCUT2D eigenvalue weighted by molar-refractivity contribution is 7.14. The minimum atomic E-state index is -1.27. The smallest absolute Gasteiger partial charge is 0.346 e. The van der Waals surface area contributed by atoms with Gasteiger partial charge in [0.15, 0.2) is 0 Å². The van der Waals surface area contributed by atoms with Gasteiger partial charge in [0, 0.05) is 28.5 Å². The average Bonchev–Trinajstić information content (AvgIpc) is 3.14. The second-order valence-corrected chi connectivity index (χ2v) is 6.73. The first-order valence-electron chi connectivity index (χ1n) is 8.44. The summed E-state index contributed by atoms with van der Waals surface area (Å²) in [6, 6.07) is 15.3. The summed E-state index contributed by atoms with van der Waals surface area (Å²) in [6.45, 7) is 6.08. The van der Waals surface area contributed by atoms with Crippen LogP contribution in [-0.4, -0.2) is 24.2 Å². The Labute approximate surface area is 162 Å². The second-order valence-electron chi connectivity index (χ2n) is 5.61. The molecule has 5 nitrogen and oxygen atoms in total. The van der Waals surface area contributed by atoms with Gasteiger partial charge in [0.25, 0.3) is 0 Å². The van der Waals surface area contributed by atoms with E-state index in [4.69, 9.17) is 10.4 Å². The zero-order valence-corrected chi connectivity index (χ0v) is 16.0. The number of carboxylic acids is 1. The first kappa shape index (κ1) is 20.0. The van der Waals surface area contributed by atoms with Crippen LogP contribution in [0.5, 0.6) is 0 Å². The molecule has 0 amide bonds. The lowest BCUT2D eigenvalue weighted by Gasteiger charge is -2.20. The van der Waals surface area contributed by atoms with Crippen LogP contribution in [0.3, 0.4) is 0 Å². The summed E-state index contributed by atoms with van der Waals surface area (Å²) in [4.78, 5) is 14.5. The Morgan fingerprint density at radius 3 is 2.26 bits per heavy atom. The van der Waals surface area contributed by atoms with Gasteiger partial charge in [-0.2, -0.15) is 10.5 Å². The van der Waals surface area contributed by atoms with Crippen LogP contribution in [0.25, 0.3) is 17.7 Å². The van der Waals surface area contributed by atoms with E-state index >= 15 is 0 Å². The van der Waals surface area contributed by atoms with Crippen molar-refractivity contribution in [2.45, 2.75) is 13.8 Å². The van der Waals surface area contributed by atoms with Crippen molar-refractivity contribution in [3.8, 4) is 12.1 Å². The minimum absolute atomic E-state index is 0.335. The fraction of sp³-hybridized carbons (Fsp3) is 0.190. The number of allylic oxidation sites excluding steroid dienone is 1. The molecule has 0 saturated heterocycles. The van der Waals surface area contributed by atoms with Crippen molar-refractivity contribution in [3.05, 3.63) is 57.3 Å². The summed E-state index contributed by atoms with van der Waals surface area (Å²) < 4.78 is 0. The molecule has 0 unspecified atom stereocenters. The highest BCUT2D eigenvalue weighted by Gasteiger charge is 2.09. The van der Waals surface area contributed by atoms with Crippen LogP contribution in [0.2, 0.25) is 0 Å².